The van der Waals surface area contributed by atoms with Crippen LogP contribution in [0.4, 0.5) is 4.39 Å². The molecule has 0 fully saturated rings. The molecule has 0 aliphatic heterocycles. The topological polar surface area (TPSA) is 50.4 Å². The van der Waals surface area contributed by atoms with Crippen LogP contribution in [0.5, 0.6) is 0 Å². The Hall–Kier alpha value is -2.27. The number of aryl methyl sites for hydroxylation is 1. The maximum Gasteiger partial charge on any atom is 0.155 e. The van der Waals surface area contributed by atoms with Crippen LogP contribution >= 0.6 is 0 Å². The molecule has 0 aliphatic carbocycles. The fourth-order valence-corrected chi connectivity index (χ4v) is 2.10. The molecule has 0 bridgehead atoms. The van der Waals surface area contributed by atoms with Crippen molar-refractivity contribution in [1.82, 2.24) is 14.4 Å². The van der Waals surface area contributed by atoms with E-state index in [1.807, 2.05) is 6.92 Å². The maximum atomic E-state index is 13.8. The standard InChI is InChI=1S/C14H12FN3O/c1-9-2-3-11(15)10(6-9)14(19)12-7-17-13-8-16-4-5-18(12)13/h2-8,14,19H,1H3. The van der Waals surface area contributed by atoms with E-state index in [-0.39, 0.29) is 5.56 Å². The second kappa shape index (κ2) is 4.44. The van der Waals surface area contributed by atoms with Crippen molar-refractivity contribution in [2.75, 3.05) is 0 Å². The lowest BCUT2D eigenvalue weighted by Gasteiger charge is -2.12. The van der Waals surface area contributed by atoms with Crippen molar-refractivity contribution >= 4 is 5.65 Å². The summed E-state index contributed by atoms with van der Waals surface area (Å²) < 4.78 is 15.5. The third-order valence-corrected chi connectivity index (χ3v) is 3.07. The van der Waals surface area contributed by atoms with Gasteiger partial charge in [-0.3, -0.25) is 9.38 Å². The van der Waals surface area contributed by atoms with E-state index in [2.05, 4.69) is 9.97 Å². The first-order valence-corrected chi connectivity index (χ1v) is 5.88. The van der Waals surface area contributed by atoms with E-state index in [0.717, 1.165) is 5.56 Å². The van der Waals surface area contributed by atoms with Crippen LogP contribution in [-0.4, -0.2) is 19.5 Å². The number of aromatic nitrogens is 3. The second-order valence-corrected chi connectivity index (χ2v) is 4.42. The minimum absolute atomic E-state index is 0.249. The van der Waals surface area contributed by atoms with Crippen LogP contribution < -0.4 is 0 Å². The van der Waals surface area contributed by atoms with Crippen molar-refractivity contribution in [2.24, 2.45) is 0 Å². The Morgan fingerprint density at radius 3 is 3.00 bits per heavy atom. The van der Waals surface area contributed by atoms with Crippen molar-refractivity contribution in [3.05, 3.63) is 65.6 Å². The lowest BCUT2D eigenvalue weighted by atomic mass is 10.0. The molecule has 0 saturated heterocycles. The van der Waals surface area contributed by atoms with E-state index in [9.17, 15) is 9.50 Å². The summed E-state index contributed by atoms with van der Waals surface area (Å²) in [6, 6.07) is 4.67. The summed E-state index contributed by atoms with van der Waals surface area (Å²) in [6.07, 6.45) is 5.34. The predicted octanol–water partition coefficient (Wildman–Crippen LogP) is 2.26. The number of aliphatic hydroxyl groups excluding tert-OH is 1. The average Bonchev–Trinajstić information content (AvgIpc) is 2.84. The smallest absolute Gasteiger partial charge is 0.155 e. The predicted molar refractivity (Wildman–Crippen MR) is 68.2 cm³/mol. The first-order valence-electron chi connectivity index (χ1n) is 5.88. The van der Waals surface area contributed by atoms with Crippen LogP contribution in [0.25, 0.3) is 5.65 Å². The van der Waals surface area contributed by atoms with E-state index < -0.39 is 11.9 Å². The zero-order valence-electron chi connectivity index (χ0n) is 10.3. The molecule has 0 saturated carbocycles. The Balaban J connectivity index is 2.13. The highest BCUT2D eigenvalue weighted by Crippen LogP contribution is 2.25. The van der Waals surface area contributed by atoms with Gasteiger partial charge in [-0.1, -0.05) is 17.7 Å². The Morgan fingerprint density at radius 2 is 2.16 bits per heavy atom. The molecule has 3 rings (SSSR count). The minimum Gasteiger partial charge on any atom is -0.382 e. The van der Waals surface area contributed by atoms with Gasteiger partial charge in [0, 0.05) is 18.0 Å². The summed E-state index contributed by atoms with van der Waals surface area (Å²) in [7, 11) is 0. The largest absolute Gasteiger partial charge is 0.382 e. The molecular weight excluding hydrogens is 245 g/mol. The molecule has 4 nitrogen and oxygen atoms in total. The fraction of sp³-hybridized carbons (Fsp3) is 0.143. The van der Waals surface area contributed by atoms with Crippen LogP contribution in [0.3, 0.4) is 0 Å². The maximum absolute atomic E-state index is 13.8. The van der Waals surface area contributed by atoms with Crippen molar-refractivity contribution < 1.29 is 9.50 Å². The van der Waals surface area contributed by atoms with E-state index in [0.29, 0.717) is 11.3 Å². The number of hydrogen-bond acceptors (Lipinski definition) is 3. The molecule has 2 aromatic heterocycles. The number of rotatable bonds is 2. The monoisotopic (exact) mass is 257 g/mol. The van der Waals surface area contributed by atoms with Gasteiger partial charge in [-0.2, -0.15) is 0 Å². The molecule has 3 aromatic rings. The summed E-state index contributed by atoms with van der Waals surface area (Å²) in [6.45, 7) is 1.86. The van der Waals surface area contributed by atoms with E-state index in [1.165, 1.54) is 12.3 Å². The number of nitrogens with zero attached hydrogens (tertiary/aromatic N) is 3. The number of imidazole rings is 1. The van der Waals surface area contributed by atoms with Crippen LogP contribution in [-0.2, 0) is 0 Å². The Labute approximate surface area is 109 Å². The minimum atomic E-state index is -1.06. The number of hydrogen-bond donors (Lipinski definition) is 1. The third kappa shape index (κ3) is 1.98. The van der Waals surface area contributed by atoms with Crippen molar-refractivity contribution in [3.63, 3.8) is 0 Å². The molecular formula is C14H12FN3O. The molecule has 5 heteroatoms. The molecule has 2 heterocycles. The van der Waals surface area contributed by atoms with E-state index in [4.69, 9.17) is 0 Å². The van der Waals surface area contributed by atoms with Gasteiger partial charge in [0.1, 0.15) is 11.9 Å². The molecule has 0 aliphatic rings. The highest BCUT2D eigenvalue weighted by molar-refractivity contribution is 5.40. The molecule has 1 atom stereocenters. The van der Waals surface area contributed by atoms with Gasteiger partial charge in [0.05, 0.1) is 18.1 Å². The lowest BCUT2D eigenvalue weighted by Crippen LogP contribution is -2.06. The van der Waals surface area contributed by atoms with Crippen molar-refractivity contribution in [2.45, 2.75) is 13.0 Å². The number of fused-ring (bicyclic) bond motifs is 1. The highest BCUT2D eigenvalue weighted by atomic mass is 19.1. The molecule has 96 valence electrons. The molecule has 1 unspecified atom stereocenters. The van der Waals surface area contributed by atoms with Gasteiger partial charge in [0.15, 0.2) is 5.65 Å². The molecule has 0 radical (unpaired) electrons. The van der Waals surface area contributed by atoms with E-state index >= 15 is 0 Å². The molecule has 1 aromatic carbocycles. The zero-order chi connectivity index (χ0) is 13.4. The zero-order valence-corrected chi connectivity index (χ0v) is 10.3. The van der Waals surface area contributed by atoms with Crippen LogP contribution in [0.15, 0.2) is 43.0 Å². The number of halogens is 1. The summed E-state index contributed by atoms with van der Waals surface area (Å²) in [5.41, 5.74) is 2.27. The number of aliphatic hydroxyl groups is 1. The SMILES string of the molecule is Cc1ccc(F)c(C(O)c2cnc3cnccn23)c1. The van der Waals surface area contributed by atoms with Gasteiger partial charge >= 0.3 is 0 Å². The molecule has 19 heavy (non-hydrogen) atoms. The van der Waals surface area contributed by atoms with Crippen molar-refractivity contribution in [3.8, 4) is 0 Å². The third-order valence-electron chi connectivity index (χ3n) is 3.07. The summed E-state index contributed by atoms with van der Waals surface area (Å²) in [5, 5.41) is 10.4. The lowest BCUT2D eigenvalue weighted by molar-refractivity contribution is 0.209. The van der Waals surface area contributed by atoms with Crippen LogP contribution in [0, 0.1) is 12.7 Å². The van der Waals surface area contributed by atoms with Crippen LogP contribution in [0.1, 0.15) is 22.9 Å². The van der Waals surface area contributed by atoms with Gasteiger partial charge in [-0.15, -0.1) is 0 Å². The van der Waals surface area contributed by atoms with Gasteiger partial charge in [-0.05, 0) is 13.0 Å². The average molecular weight is 257 g/mol. The first kappa shape index (κ1) is 11.8. The summed E-state index contributed by atoms with van der Waals surface area (Å²) in [5.74, 6) is -0.429. The van der Waals surface area contributed by atoms with E-state index in [1.54, 1.807) is 35.1 Å². The second-order valence-electron chi connectivity index (χ2n) is 4.42. The molecule has 0 amide bonds. The number of benzene rings is 1. The normalized spacial score (nSPS) is 12.8. The van der Waals surface area contributed by atoms with Gasteiger partial charge in [0.25, 0.3) is 0 Å². The van der Waals surface area contributed by atoms with Gasteiger partial charge in [-0.25, -0.2) is 9.37 Å². The Kier molecular flexibility index (Phi) is 2.76. The highest BCUT2D eigenvalue weighted by Gasteiger charge is 2.18. The Morgan fingerprint density at radius 1 is 1.32 bits per heavy atom. The van der Waals surface area contributed by atoms with Crippen molar-refractivity contribution in [1.29, 1.82) is 0 Å². The summed E-state index contributed by atoms with van der Waals surface area (Å²) in [4.78, 5) is 8.09. The van der Waals surface area contributed by atoms with Crippen LogP contribution in [0.2, 0.25) is 0 Å². The fourth-order valence-electron chi connectivity index (χ4n) is 2.10. The first-order chi connectivity index (χ1) is 9.16. The molecule has 1 N–H and O–H groups in total. The molecule has 0 spiro atoms. The van der Waals surface area contributed by atoms with Gasteiger partial charge < -0.3 is 5.11 Å². The summed E-state index contributed by atoms with van der Waals surface area (Å²) >= 11 is 0. The quantitative estimate of drug-likeness (QED) is 0.766. The Bertz CT molecular complexity index is 738. The van der Waals surface area contributed by atoms with Gasteiger partial charge in [0.2, 0.25) is 0 Å².